The molecule has 18 heavy (non-hydrogen) atoms. The number of carbonyl (C=O) groups is 1. The number of methoxy groups -OCH3 is 1. The third-order valence-electron chi connectivity index (χ3n) is 2.28. The number of H-pyrrole nitrogens is 1. The van der Waals surface area contributed by atoms with Crippen LogP contribution < -0.4 is 4.87 Å². The van der Waals surface area contributed by atoms with E-state index in [4.69, 9.17) is 0 Å². The summed E-state index contributed by atoms with van der Waals surface area (Å²) in [5, 5.41) is 0. The van der Waals surface area contributed by atoms with Gasteiger partial charge in [-0.2, -0.15) is 4.31 Å². The Bertz CT molecular complexity index is 586. The highest BCUT2D eigenvalue weighted by molar-refractivity contribution is 7.91. The maximum Gasteiger partial charge on any atom is 0.306 e. The van der Waals surface area contributed by atoms with Crippen molar-refractivity contribution in [1.82, 2.24) is 9.29 Å². The van der Waals surface area contributed by atoms with E-state index in [1.165, 1.54) is 21.1 Å². The van der Waals surface area contributed by atoms with Crippen LogP contribution in [0, 0.1) is 6.92 Å². The van der Waals surface area contributed by atoms with Crippen molar-refractivity contribution in [3.8, 4) is 0 Å². The van der Waals surface area contributed by atoms with E-state index in [-0.39, 0.29) is 17.2 Å². The van der Waals surface area contributed by atoms with Crippen molar-refractivity contribution in [3.05, 3.63) is 15.4 Å². The van der Waals surface area contributed by atoms with Gasteiger partial charge in [-0.25, -0.2) is 8.42 Å². The zero-order valence-electron chi connectivity index (χ0n) is 10.2. The smallest absolute Gasteiger partial charge is 0.306 e. The van der Waals surface area contributed by atoms with E-state index < -0.39 is 20.9 Å². The SMILES string of the molecule is COC(=O)CCN(C)S(=O)(=O)c1sc(=O)[nH]c1C. The quantitative estimate of drug-likeness (QED) is 0.767. The van der Waals surface area contributed by atoms with Gasteiger partial charge in [0.15, 0.2) is 4.21 Å². The highest BCUT2D eigenvalue weighted by Gasteiger charge is 2.26. The Morgan fingerprint density at radius 1 is 1.50 bits per heavy atom. The van der Waals surface area contributed by atoms with Gasteiger partial charge in [-0.3, -0.25) is 9.59 Å². The van der Waals surface area contributed by atoms with E-state index in [9.17, 15) is 18.0 Å². The molecule has 0 unspecified atom stereocenters. The van der Waals surface area contributed by atoms with Crippen LogP contribution in [0.3, 0.4) is 0 Å². The second kappa shape index (κ2) is 5.63. The minimum Gasteiger partial charge on any atom is -0.469 e. The van der Waals surface area contributed by atoms with Crippen LogP contribution in [0.25, 0.3) is 0 Å². The molecule has 1 aromatic rings. The number of nitrogens with one attached hydrogen (secondary N) is 1. The molecule has 0 fully saturated rings. The molecule has 102 valence electrons. The molecule has 0 saturated carbocycles. The molecule has 0 radical (unpaired) electrons. The summed E-state index contributed by atoms with van der Waals surface area (Å²) >= 11 is 0.633. The predicted octanol–water partition coefficient (Wildman–Crippen LogP) is -0.0716. The Labute approximate surface area is 108 Å². The Kier molecular flexibility index (Phi) is 4.65. The summed E-state index contributed by atoms with van der Waals surface area (Å²) in [5.74, 6) is -0.490. The van der Waals surface area contributed by atoms with Crippen LogP contribution in [-0.4, -0.2) is 44.4 Å². The number of esters is 1. The van der Waals surface area contributed by atoms with Gasteiger partial charge in [-0.05, 0) is 6.92 Å². The van der Waals surface area contributed by atoms with E-state index in [1.54, 1.807) is 0 Å². The summed E-state index contributed by atoms with van der Waals surface area (Å²) in [7, 11) is -1.16. The predicted molar refractivity (Wildman–Crippen MR) is 66.1 cm³/mol. The Morgan fingerprint density at radius 3 is 2.56 bits per heavy atom. The number of sulfonamides is 1. The zero-order valence-corrected chi connectivity index (χ0v) is 11.9. The van der Waals surface area contributed by atoms with Crippen LogP contribution in [0.2, 0.25) is 0 Å². The second-order valence-corrected chi connectivity index (χ2v) is 6.80. The van der Waals surface area contributed by atoms with Gasteiger partial charge in [-0.1, -0.05) is 11.3 Å². The lowest BCUT2D eigenvalue weighted by Gasteiger charge is -2.15. The number of aromatic nitrogens is 1. The van der Waals surface area contributed by atoms with Crippen LogP contribution >= 0.6 is 11.3 Å². The number of rotatable bonds is 5. The first-order chi connectivity index (χ1) is 8.28. The van der Waals surface area contributed by atoms with Crippen molar-refractivity contribution in [3.63, 3.8) is 0 Å². The fraction of sp³-hybridized carbons (Fsp3) is 0.556. The van der Waals surface area contributed by atoms with E-state index in [0.29, 0.717) is 17.0 Å². The summed E-state index contributed by atoms with van der Waals surface area (Å²) in [5.41, 5.74) is 0.301. The van der Waals surface area contributed by atoms with Crippen LogP contribution in [-0.2, 0) is 19.6 Å². The lowest BCUT2D eigenvalue weighted by Crippen LogP contribution is -2.29. The Balaban J connectivity index is 2.90. The standard InChI is InChI=1S/C9H14N2O5S2/c1-6-8(17-9(13)10-6)18(14,15)11(2)5-4-7(12)16-3/h4-5H2,1-3H3,(H,10,13). The van der Waals surface area contributed by atoms with E-state index in [2.05, 4.69) is 9.72 Å². The van der Waals surface area contributed by atoms with Crippen LogP contribution in [0.5, 0.6) is 0 Å². The van der Waals surface area contributed by atoms with Crippen LogP contribution in [0.1, 0.15) is 12.1 Å². The summed E-state index contributed by atoms with van der Waals surface area (Å²) in [6, 6.07) is 0. The first-order valence-electron chi connectivity index (χ1n) is 5.02. The first kappa shape index (κ1) is 14.9. The average molecular weight is 294 g/mol. The largest absolute Gasteiger partial charge is 0.469 e. The summed E-state index contributed by atoms with van der Waals surface area (Å²) < 4.78 is 29.6. The Morgan fingerprint density at radius 2 is 2.11 bits per heavy atom. The molecular formula is C9H14N2O5S2. The molecule has 0 spiro atoms. The molecule has 0 saturated heterocycles. The van der Waals surface area contributed by atoms with Gasteiger partial charge in [0.2, 0.25) is 0 Å². The molecule has 0 aliphatic heterocycles. The monoisotopic (exact) mass is 294 g/mol. The number of carbonyl (C=O) groups excluding carboxylic acids is 1. The second-order valence-electron chi connectivity index (χ2n) is 3.58. The average Bonchev–Trinajstić information content (AvgIpc) is 2.65. The summed E-state index contributed by atoms with van der Waals surface area (Å²) in [6.45, 7) is 1.51. The third kappa shape index (κ3) is 3.18. The number of aryl methyl sites for hydroxylation is 1. The summed E-state index contributed by atoms with van der Waals surface area (Å²) in [4.78, 5) is 24.0. The van der Waals surface area contributed by atoms with Crippen molar-refractivity contribution < 1.29 is 17.9 Å². The first-order valence-corrected chi connectivity index (χ1v) is 7.27. The van der Waals surface area contributed by atoms with Gasteiger partial charge in [0.1, 0.15) is 0 Å². The van der Waals surface area contributed by atoms with Crippen molar-refractivity contribution in [2.24, 2.45) is 0 Å². The van der Waals surface area contributed by atoms with Gasteiger partial charge in [-0.15, -0.1) is 0 Å². The lowest BCUT2D eigenvalue weighted by atomic mass is 10.4. The van der Waals surface area contributed by atoms with Gasteiger partial charge in [0.25, 0.3) is 10.0 Å². The van der Waals surface area contributed by atoms with E-state index in [0.717, 1.165) is 4.31 Å². The molecule has 7 nitrogen and oxygen atoms in total. The van der Waals surface area contributed by atoms with Crippen LogP contribution in [0.4, 0.5) is 0 Å². The minimum atomic E-state index is -3.74. The lowest BCUT2D eigenvalue weighted by molar-refractivity contribution is -0.140. The molecule has 0 aromatic carbocycles. The molecule has 9 heteroatoms. The van der Waals surface area contributed by atoms with Gasteiger partial charge < -0.3 is 9.72 Å². The van der Waals surface area contributed by atoms with Crippen LogP contribution in [0.15, 0.2) is 9.00 Å². The number of hydrogen-bond acceptors (Lipinski definition) is 6. The molecule has 0 atom stereocenters. The molecule has 0 aliphatic rings. The van der Waals surface area contributed by atoms with Crippen molar-refractivity contribution in [2.75, 3.05) is 20.7 Å². The molecule has 0 aliphatic carbocycles. The maximum absolute atomic E-state index is 12.1. The fourth-order valence-electron chi connectivity index (χ4n) is 1.25. The number of ether oxygens (including phenoxy) is 1. The Hall–Kier alpha value is -1.19. The van der Waals surface area contributed by atoms with E-state index in [1.807, 2.05) is 0 Å². The molecule has 0 amide bonds. The number of aromatic amines is 1. The zero-order chi connectivity index (χ0) is 13.9. The fourth-order valence-corrected chi connectivity index (χ4v) is 3.91. The number of hydrogen-bond donors (Lipinski definition) is 1. The van der Waals surface area contributed by atoms with E-state index >= 15 is 0 Å². The summed E-state index contributed by atoms with van der Waals surface area (Å²) in [6.07, 6.45) is -0.0371. The highest BCUT2D eigenvalue weighted by Crippen LogP contribution is 2.19. The molecule has 1 aromatic heterocycles. The highest BCUT2D eigenvalue weighted by atomic mass is 32.2. The van der Waals surface area contributed by atoms with Gasteiger partial charge in [0.05, 0.1) is 13.5 Å². The van der Waals surface area contributed by atoms with Gasteiger partial charge in [0, 0.05) is 19.3 Å². The minimum absolute atomic E-state index is 0.000533. The molecule has 0 bridgehead atoms. The molecular weight excluding hydrogens is 280 g/mol. The molecule has 1 heterocycles. The van der Waals surface area contributed by atoms with Crippen molar-refractivity contribution in [2.45, 2.75) is 17.6 Å². The number of thiazole rings is 1. The van der Waals surface area contributed by atoms with Crippen molar-refractivity contribution in [1.29, 1.82) is 0 Å². The molecule has 1 rings (SSSR count). The van der Waals surface area contributed by atoms with Gasteiger partial charge >= 0.3 is 10.8 Å². The maximum atomic E-state index is 12.1. The topological polar surface area (TPSA) is 96.5 Å². The molecule has 1 N–H and O–H groups in total. The number of nitrogens with zero attached hydrogens (tertiary/aromatic N) is 1. The normalized spacial score (nSPS) is 11.8. The van der Waals surface area contributed by atoms with Crippen molar-refractivity contribution >= 4 is 27.3 Å². The third-order valence-corrected chi connectivity index (χ3v) is 5.72.